The fourth-order valence-corrected chi connectivity index (χ4v) is 2.89. The Hall–Kier alpha value is -1.45. The molecule has 0 N–H and O–H groups in total. The molecule has 0 saturated carbocycles. The Balaban J connectivity index is 0.00000176. The minimum Gasteiger partial charge on any atom is -0.296 e. The van der Waals surface area contributed by atoms with E-state index < -0.39 is 0 Å². The Kier molecular flexibility index (Phi) is 6.34. The number of ketones is 1. The molecule has 0 bridgehead atoms. The zero-order valence-electron chi connectivity index (χ0n) is 12.7. The highest BCUT2D eigenvalue weighted by molar-refractivity contribution is 8.93. The van der Waals surface area contributed by atoms with Crippen LogP contribution in [0.4, 0.5) is 0 Å². The van der Waals surface area contributed by atoms with Crippen molar-refractivity contribution >= 4 is 22.8 Å². The van der Waals surface area contributed by atoms with Crippen LogP contribution in [-0.2, 0) is 0 Å². The van der Waals surface area contributed by atoms with Gasteiger partial charge >= 0.3 is 0 Å². The van der Waals surface area contributed by atoms with Crippen LogP contribution in [0.25, 0.3) is 11.1 Å². The summed E-state index contributed by atoms with van der Waals surface area (Å²) in [6.07, 6.45) is 3.75. The summed E-state index contributed by atoms with van der Waals surface area (Å²) in [5, 5.41) is 0. The van der Waals surface area contributed by atoms with Gasteiger partial charge in [-0.1, -0.05) is 61.0 Å². The number of halogens is 1. The monoisotopic (exact) mass is 359 g/mol. The number of nitrogens with zero attached hydrogens (tertiary/aromatic N) is 1. The lowest BCUT2D eigenvalue weighted by molar-refractivity contribution is 0.0915. The van der Waals surface area contributed by atoms with E-state index in [1.54, 1.807) is 0 Å². The van der Waals surface area contributed by atoms with E-state index in [0.29, 0.717) is 6.54 Å². The van der Waals surface area contributed by atoms with E-state index in [9.17, 15) is 4.79 Å². The van der Waals surface area contributed by atoms with Crippen molar-refractivity contribution in [2.45, 2.75) is 19.3 Å². The maximum atomic E-state index is 12.3. The quantitative estimate of drug-likeness (QED) is 0.743. The minimum atomic E-state index is 0. The molecule has 0 atom stereocenters. The fourth-order valence-electron chi connectivity index (χ4n) is 2.89. The smallest absolute Gasteiger partial charge is 0.176 e. The number of carbonyl (C=O) groups excluding carboxylic acids is 1. The first kappa shape index (κ1) is 16.9. The normalized spacial score (nSPS) is 15.1. The van der Waals surface area contributed by atoms with Crippen molar-refractivity contribution < 1.29 is 4.79 Å². The lowest BCUT2D eigenvalue weighted by Gasteiger charge is -2.25. The maximum absolute atomic E-state index is 12.3. The Morgan fingerprint density at radius 3 is 2.05 bits per heavy atom. The van der Waals surface area contributed by atoms with Crippen molar-refractivity contribution in [1.82, 2.24) is 4.90 Å². The van der Waals surface area contributed by atoms with Crippen molar-refractivity contribution in [3.05, 3.63) is 60.2 Å². The molecule has 3 heteroatoms. The van der Waals surface area contributed by atoms with Gasteiger partial charge in [0.1, 0.15) is 0 Å². The second kappa shape index (κ2) is 8.25. The van der Waals surface area contributed by atoms with Gasteiger partial charge in [-0.3, -0.25) is 9.69 Å². The van der Waals surface area contributed by atoms with Gasteiger partial charge in [0.05, 0.1) is 6.54 Å². The van der Waals surface area contributed by atoms with Crippen LogP contribution < -0.4 is 0 Å². The zero-order chi connectivity index (χ0) is 14.5. The minimum absolute atomic E-state index is 0. The second-order valence-electron chi connectivity index (χ2n) is 5.70. The van der Waals surface area contributed by atoms with Crippen LogP contribution in [0.2, 0.25) is 0 Å². The summed E-state index contributed by atoms with van der Waals surface area (Å²) in [6.45, 7) is 2.69. The first-order valence-electron chi connectivity index (χ1n) is 7.74. The molecule has 22 heavy (non-hydrogen) atoms. The molecule has 3 rings (SSSR count). The summed E-state index contributed by atoms with van der Waals surface area (Å²) < 4.78 is 0. The molecule has 1 saturated heterocycles. The summed E-state index contributed by atoms with van der Waals surface area (Å²) in [4.78, 5) is 14.6. The highest BCUT2D eigenvalue weighted by Crippen LogP contribution is 2.19. The van der Waals surface area contributed by atoms with Crippen LogP contribution >= 0.6 is 17.0 Å². The van der Waals surface area contributed by atoms with Crippen LogP contribution in [0.3, 0.4) is 0 Å². The van der Waals surface area contributed by atoms with E-state index in [1.165, 1.54) is 24.8 Å². The molecule has 2 aromatic carbocycles. The molecule has 0 aromatic heterocycles. The highest BCUT2D eigenvalue weighted by Gasteiger charge is 2.15. The number of Topliss-reactive ketones (excluding diaryl/α,β-unsaturated/α-hetero) is 1. The standard InChI is InChI=1S/C19H21NO.BrH/c21-19(15-20-13-5-2-6-14-20)18-11-9-17(10-12-18)16-7-3-1-4-8-16;/h1,3-4,7-12H,2,5-6,13-15H2;1H. The Bertz CT molecular complexity index is 589. The molecule has 2 aromatic rings. The van der Waals surface area contributed by atoms with E-state index in [1.807, 2.05) is 42.5 Å². The molecular weight excluding hydrogens is 338 g/mol. The van der Waals surface area contributed by atoms with E-state index in [-0.39, 0.29) is 22.8 Å². The largest absolute Gasteiger partial charge is 0.296 e. The first-order chi connectivity index (χ1) is 10.3. The number of hydrogen-bond acceptors (Lipinski definition) is 2. The van der Waals surface area contributed by atoms with Crippen molar-refractivity contribution in [2.75, 3.05) is 19.6 Å². The number of benzene rings is 2. The molecule has 2 nitrogen and oxygen atoms in total. The zero-order valence-corrected chi connectivity index (χ0v) is 14.4. The number of piperidine rings is 1. The van der Waals surface area contributed by atoms with Crippen molar-refractivity contribution in [3.8, 4) is 11.1 Å². The van der Waals surface area contributed by atoms with Crippen molar-refractivity contribution in [3.63, 3.8) is 0 Å². The van der Waals surface area contributed by atoms with E-state index in [0.717, 1.165) is 24.2 Å². The summed E-state index contributed by atoms with van der Waals surface area (Å²) in [7, 11) is 0. The third kappa shape index (κ3) is 4.28. The average molecular weight is 360 g/mol. The van der Waals surface area contributed by atoms with E-state index >= 15 is 0 Å². The van der Waals surface area contributed by atoms with E-state index in [4.69, 9.17) is 0 Å². The van der Waals surface area contributed by atoms with Gasteiger partial charge in [0.25, 0.3) is 0 Å². The van der Waals surface area contributed by atoms with Crippen LogP contribution in [0.1, 0.15) is 29.6 Å². The van der Waals surface area contributed by atoms with Gasteiger partial charge in [-0.15, -0.1) is 17.0 Å². The third-order valence-electron chi connectivity index (χ3n) is 4.13. The molecule has 0 radical (unpaired) electrons. The van der Waals surface area contributed by atoms with Gasteiger partial charge in [0.2, 0.25) is 0 Å². The predicted octanol–water partition coefficient (Wildman–Crippen LogP) is 4.60. The lowest BCUT2D eigenvalue weighted by Crippen LogP contribution is -2.34. The van der Waals surface area contributed by atoms with Crippen LogP contribution in [0.15, 0.2) is 54.6 Å². The predicted molar refractivity (Wildman–Crippen MR) is 96.8 cm³/mol. The molecular formula is C19H22BrNO. The number of hydrogen-bond donors (Lipinski definition) is 0. The first-order valence-corrected chi connectivity index (χ1v) is 7.74. The topological polar surface area (TPSA) is 20.3 Å². The van der Waals surface area contributed by atoms with Gasteiger partial charge in [0, 0.05) is 5.56 Å². The molecule has 1 heterocycles. The summed E-state index contributed by atoms with van der Waals surface area (Å²) in [5.74, 6) is 0.233. The Morgan fingerprint density at radius 1 is 0.818 bits per heavy atom. The molecule has 116 valence electrons. The number of likely N-dealkylation sites (tertiary alicyclic amines) is 1. The van der Waals surface area contributed by atoms with Gasteiger partial charge in [-0.25, -0.2) is 0 Å². The molecule has 0 unspecified atom stereocenters. The van der Waals surface area contributed by atoms with Crippen molar-refractivity contribution in [1.29, 1.82) is 0 Å². The number of rotatable bonds is 4. The molecule has 1 aliphatic rings. The van der Waals surface area contributed by atoms with Gasteiger partial charge in [-0.2, -0.15) is 0 Å². The summed E-state index contributed by atoms with van der Waals surface area (Å²) in [6, 6.07) is 18.2. The number of carbonyl (C=O) groups is 1. The summed E-state index contributed by atoms with van der Waals surface area (Å²) in [5.41, 5.74) is 3.16. The fraction of sp³-hybridized carbons (Fsp3) is 0.316. The van der Waals surface area contributed by atoms with Crippen LogP contribution in [0, 0.1) is 0 Å². The van der Waals surface area contributed by atoms with Crippen LogP contribution in [0.5, 0.6) is 0 Å². The summed E-state index contributed by atoms with van der Waals surface area (Å²) >= 11 is 0. The highest BCUT2D eigenvalue weighted by atomic mass is 79.9. The van der Waals surface area contributed by atoms with Gasteiger partial charge in [0.15, 0.2) is 5.78 Å². The molecule has 1 aliphatic heterocycles. The second-order valence-corrected chi connectivity index (χ2v) is 5.70. The van der Waals surface area contributed by atoms with E-state index in [2.05, 4.69) is 17.0 Å². The van der Waals surface area contributed by atoms with Gasteiger partial charge < -0.3 is 0 Å². The van der Waals surface area contributed by atoms with Gasteiger partial charge in [-0.05, 0) is 37.1 Å². The Labute approximate surface area is 142 Å². The lowest BCUT2D eigenvalue weighted by atomic mass is 10.0. The maximum Gasteiger partial charge on any atom is 0.176 e. The molecule has 0 amide bonds. The average Bonchev–Trinajstić information content (AvgIpc) is 2.57. The third-order valence-corrected chi connectivity index (χ3v) is 4.13. The Morgan fingerprint density at radius 2 is 1.41 bits per heavy atom. The molecule has 1 fully saturated rings. The SMILES string of the molecule is Br.O=C(CN1CCCCC1)c1ccc(-c2ccccc2)cc1. The van der Waals surface area contributed by atoms with Crippen LogP contribution in [-0.4, -0.2) is 30.3 Å². The molecule has 0 spiro atoms. The van der Waals surface area contributed by atoms with Crippen molar-refractivity contribution in [2.24, 2.45) is 0 Å². The molecule has 0 aliphatic carbocycles.